The standard InChI is InChI=1S/C19H27N5O/c1-11(2)25-18-8-12-7-15-17(10-24-5-3-13(20)4-6-24)22-23-19(15)14(12)9-16(18)21/h8-9,11,13H,3-7,10,20-21H2,1-2H3,(H,22,23). The summed E-state index contributed by atoms with van der Waals surface area (Å²) in [6.07, 6.45) is 3.14. The maximum absolute atomic E-state index is 6.19. The van der Waals surface area contributed by atoms with Crippen molar-refractivity contribution in [1.82, 2.24) is 15.1 Å². The SMILES string of the molecule is CC(C)Oc1cc2c(cc1N)-c1n[nH]c(CN3CCC(N)CC3)c1C2. The number of rotatable bonds is 4. The van der Waals surface area contributed by atoms with E-state index >= 15 is 0 Å². The lowest BCUT2D eigenvalue weighted by atomic mass is 10.1. The van der Waals surface area contributed by atoms with Crippen LogP contribution in [0.4, 0.5) is 5.69 Å². The van der Waals surface area contributed by atoms with E-state index in [4.69, 9.17) is 16.2 Å². The predicted octanol–water partition coefficient (Wildman–Crippen LogP) is 2.27. The zero-order valence-corrected chi connectivity index (χ0v) is 15.0. The number of hydrogen-bond acceptors (Lipinski definition) is 5. The Balaban J connectivity index is 1.56. The van der Waals surface area contributed by atoms with E-state index in [1.807, 2.05) is 19.9 Å². The Hall–Kier alpha value is -2.05. The monoisotopic (exact) mass is 341 g/mol. The second-order valence-corrected chi connectivity index (χ2v) is 7.53. The Morgan fingerprint density at radius 3 is 2.80 bits per heavy atom. The minimum atomic E-state index is 0.112. The van der Waals surface area contributed by atoms with Gasteiger partial charge in [0.15, 0.2) is 0 Å². The molecule has 134 valence electrons. The minimum Gasteiger partial charge on any atom is -0.489 e. The highest BCUT2D eigenvalue weighted by Crippen LogP contribution is 2.41. The van der Waals surface area contributed by atoms with E-state index in [0.717, 1.165) is 55.9 Å². The van der Waals surface area contributed by atoms with Crippen LogP contribution in [-0.2, 0) is 13.0 Å². The molecule has 6 heteroatoms. The first-order valence-corrected chi connectivity index (χ1v) is 9.14. The van der Waals surface area contributed by atoms with Gasteiger partial charge in [-0.2, -0.15) is 5.10 Å². The van der Waals surface area contributed by atoms with E-state index in [-0.39, 0.29) is 6.10 Å². The average molecular weight is 341 g/mol. The lowest BCUT2D eigenvalue weighted by Crippen LogP contribution is -2.39. The number of ether oxygens (including phenoxy) is 1. The number of nitrogens with zero attached hydrogens (tertiary/aromatic N) is 2. The molecule has 0 spiro atoms. The summed E-state index contributed by atoms with van der Waals surface area (Å²) in [5.74, 6) is 0.773. The van der Waals surface area contributed by atoms with E-state index in [9.17, 15) is 0 Å². The van der Waals surface area contributed by atoms with Crippen molar-refractivity contribution >= 4 is 5.69 Å². The minimum absolute atomic E-state index is 0.112. The van der Waals surface area contributed by atoms with E-state index in [2.05, 4.69) is 21.2 Å². The molecule has 25 heavy (non-hydrogen) atoms. The van der Waals surface area contributed by atoms with Gasteiger partial charge in [0.1, 0.15) is 5.75 Å². The summed E-state index contributed by atoms with van der Waals surface area (Å²) in [5, 5.41) is 7.82. The number of likely N-dealkylation sites (tertiary alicyclic amines) is 1. The summed E-state index contributed by atoms with van der Waals surface area (Å²) >= 11 is 0. The molecule has 6 nitrogen and oxygen atoms in total. The molecule has 0 saturated carbocycles. The Bertz CT molecular complexity index is 774. The van der Waals surface area contributed by atoms with Crippen molar-refractivity contribution < 1.29 is 4.74 Å². The molecule has 1 aliphatic heterocycles. The molecule has 1 saturated heterocycles. The molecule has 0 bridgehead atoms. The molecule has 0 radical (unpaired) electrons. The number of hydrogen-bond donors (Lipinski definition) is 3. The average Bonchev–Trinajstić information content (AvgIpc) is 3.10. The number of aromatic amines is 1. The van der Waals surface area contributed by atoms with Crippen LogP contribution in [0.15, 0.2) is 12.1 Å². The summed E-state index contributed by atoms with van der Waals surface area (Å²) in [7, 11) is 0. The van der Waals surface area contributed by atoms with Crippen LogP contribution in [0.5, 0.6) is 5.75 Å². The Morgan fingerprint density at radius 2 is 2.08 bits per heavy atom. The topological polar surface area (TPSA) is 93.2 Å². The van der Waals surface area contributed by atoms with Crippen molar-refractivity contribution in [2.75, 3.05) is 18.8 Å². The Labute approximate surface area is 148 Å². The zero-order valence-electron chi connectivity index (χ0n) is 15.0. The molecule has 2 aromatic rings. The fourth-order valence-corrected chi connectivity index (χ4v) is 3.83. The van der Waals surface area contributed by atoms with Gasteiger partial charge in [-0.1, -0.05) is 0 Å². The van der Waals surface area contributed by atoms with E-state index < -0.39 is 0 Å². The molecular formula is C19H27N5O. The number of nitrogen functional groups attached to an aromatic ring is 1. The molecule has 4 rings (SSSR count). The van der Waals surface area contributed by atoms with Gasteiger partial charge in [0.25, 0.3) is 0 Å². The number of aromatic nitrogens is 2. The van der Waals surface area contributed by atoms with E-state index in [0.29, 0.717) is 11.7 Å². The van der Waals surface area contributed by atoms with Crippen LogP contribution >= 0.6 is 0 Å². The third-order valence-electron chi connectivity index (χ3n) is 5.19. The predicted molar refractivity (Wildman–Crippen MR) is 99.5 cm³/mol. The number of nitrogens with two attached hydrogens (primary N) is 2. The van der Waals surface area contributed by atoms with E-state index in [1.54, 1.807) is 0 Å². The van der Waals surface area contributed by atoms with Crippen molar-refractivity contribution in [2.24, 2.45) is 5.73 Å². The number of piperidine rings is 1. The summed E-state index contributed by atoms with van der Waals surface area (Å²) in [6.45, 7) is 7.05. The first kappa shape index (κ1) is 16.4. The van der Waals surface area contributed by atoms with Gasteiger partial charge in [0.05, 0.1) is 23.2 Å². The smallest absolute Gasteiger partial charge is 0.142 e. The summed E-state index contributed by atoms with van der Waals surface area (Å²) in [5.41, 5.74) is 18.8. The second kappa shape index (κ2) is 6.35. The third-order valence-corrected chi connectivity index (χ3v) is 5.19. The summed E-state index contributed by atoms with van der Waals surface area (Å²) in [6, 6.07) is 4.44. The van der Waals surface area contributed by atoms with Gasteiger partial charge >= 0.3 is 0 Å². The quantitative estimate of drug-likeness (QED) is 0.633. The largest absolute Gasteiger partial charge is 0.489 e. The highest BCUT2D eigenvalue weighted by atomic mass is 16.5. The number of nitrogens with one attached hydrogen (secondary N) is 1. The number of fused-ring (bicyclic) bond motifs is 3. The molecule has 1 aromatic carbocycles. The van der Waals surface area contributed by atoms with Crippen LogP contribution in [0.3, 0.4) is 0 Å². The fraction of sp³-hybridized carbons (Fsp3) is 0.526. The molecule has 0 unspecified atom stereocenters. The van der Waals surface area contributed by atoms with Gasteiger partial charge in [0.2, 0.25) is 0 Å². The summed E-state index contributed by atoms with van der Waals surface area (Å²) in [4.78, 5) is 2.46. The van der Waals surface area contributed by atoms with Crippen molar-refractivity contribution in [1.29, 1.82) is 0 Å². The van der Waals surface area contributed by atoms with Crippen molar-refractivity contribution in [3.8, 4) is 17.0 Å². The normalized spacial score (nSPS) is 17.8. The first-order chi connectivity index (χ1) is 12.0. The van der Waals surface area contributed by atoms with Gasteiger partial charge in [-0.15, -0.1) is 0 Å². The van der Waals surface area contributed by atoms with Crippen LogP contribution in [-0.4, -0.2) is 40.3 Å². The van der Waals surface area contributed by atoms with Crippen molar-refractivity contribution in [3.63, 3.8) is 0 Å². The second-order valence-electron chi connectivity index (χ2n) is 7.53. The maximum Gasteiger partial charge on any atom is 0.142 e. The van der Waals surface area contributed by atoms with Crippen molar-refractivity contribution in [3.05, 3.63) is 29.0 Å². The number of benzene rings is 1. The Morgan fingerprint density at radius 1 is 1.32 bits per heavy atom. The number of anilines is 1. The first-order valence-electron chi connectivity index (χ1n) is 9.14. The molecule has 1 fully saturated rings. The highest BCUT2D eigenvalue weighted by Gasteiger charge is 2.27. The molecule has 0 amide bonds. The molecule has 5 N–H and O–H groups in total. The van der Waals surface area contributed by atoms with Crippen LogP contribution in [0.25, 0.3) is 11.3 Å². The highest BCUT2D eigenvalue weighted by molar-refractivity contribution is 5.79. The molecular weight excluding hydrogens is 314 g/mol. The van der Waals surface area contributed by atoms with Crippen LogP contribution in [0, 0.1) is 0 Å². The van der Waals surface area contributed by atoms with Crippen LogP contribution in [0.2, 0.25) is 0 Å². The van der Waals surface area contributed by atoms with Gasteiger partial charge in [0, 0.05) is 43.2 Å². The van der Waals surface area contributed by atoms with Gasteiger partial charge in [-0.05, 0) is 44.4 Å². The zero-order chi connectivity index (χ0) is 17.6. The maximum atomic E-state index is 6.19. The van der Waals surface area contributed by atoms with Gasteiger partial charge < -0.3 is 16.2 Å². The van der Waals surface area contributed by atoms with Gasteiger partial charge in [-0.25, -0.2) is 0 Å². The molecule has 1 aliphatic carbocycles. The van der Waals surface area contributed by atoms with Crippen molar-refractivity contribution in [2.45, 2.75) is 51.8 Å². The van der Waals surface area contributed by atoms with Crippen LogP contribution in [0.1, 0.15) is 43.5 Å². The van der Waals surface area contributed by atoms with Crippen LogP contribution < -0.4 is 16.2 Å². The summed E-state index contributed by atoms with van der Waals surface area (Å²) < 4.78 is 5.83. The molecule has 0 atom stereocenters. The van der Waals surface area contributed by atoms with Gasteiger partial charge in [-0.3, -0.25) is 10.00 Å². The molecule has 2 heterocycles. The van der Waals surface area contributed by atoms with E-state index in [1.165, 1.54) is 16.8 Å². The molecule has 2 aliphatic rings. The lowest BCUT2D eigenvalue weighted by Gasteiger charge is -2.29. The lowest BCUT2D eigenvalue weighted by molar-refractivity contribution is 0.203. The third kappa shape index (κ3) is 3.12. The fourth-order valence-electron chi connectivity index (χ4n) is 3.83. The molecule has 1 aromatic heterocycles. The Kier molecular flexibility index (Phi) is 4.17. The number of H-pyrrole nitrogens is 1.